The molecule has 1 atom stereocenters. The lowest BCUT2D eigenvalue weighted by Crippen LogP contribution is -2.36. The number of methoxy groups -OCH3 is 1. The summed E-state index contributed by atoms with van der Waals surface area (Å²) in [6, 6.07) is -0.432. The lowest BCUT2D eigenvalue weighted by molar-refractivity contribution is -0.120. The van der Waals surface area contributed by atoms with Gasteiger partial charge in [0.15, 0.2) is 5.78 Å². The first-order chi connectivity index (χ1) is 8.38. The monoisotopic (exact) mass is 250 g/mol. The summed E-state index contributed by atoms with van der Waals surface area (Å²) in [6.07, 6.45) is 2.00. The van der Waals surface area contributed by atoms with E-state index < -0.39 is 6.04 Å². The van der Waals surface area contributed by atoms with Gasteiger partial charge in [-0.25, -0.2) is 0 Å². The minimum absolute atomic E-state index is 0.0199. The number of ketones is 1. The third-order valence-electron chi connectivity index (χ3n) is 3.18. The highest BCUT2D eigenvalue weighted by Gasteiger charge is 2.20. The molecule has 0 aromatic carbocycles. The number of hydrogen-bond donors (Lipinski definition) is 1. The van der Waals surface area contributed by atoms with Gasteiger partial charge in [0.05, 0.1) is 25.3 Å². The molecule has 1 heterocycles. The number of Topliss-reactive ketones (excluding diaryl/α,β-unsaturated/α-hetero) is 1. The van der Waals surface area contributed by atoms with Gasteiger partial charge in [0.2, 0.25) is 0 Å². The topological polar surface area (TPSA) is 65.2 Å². The normalized spacial score (nSPS) is 12.6. The second kappa shape index (κ2) is 5.96. The Labute approximate surface area is 109 Å². The number of aromatic nitrogens is 1. The molecule has 2 N–H and O–H groups in total. The van der Waals surface area contributed by atoms with E-state index in [4.69, 9.17) is 10.5 Å². The van der Waals surface area contributed by atoms with Crippen LogP contribution in [-0.4, -0.2) is 23.9 Å². The lowest BCUT2D eigenvalue weighted by atomic mass is 9.96. The van der Waals surface area contributed by atoms with Crippen molar-refractivity contribution in [3.05, 3.63) is 23.0 Å². The SMILES string of the molecule is COc1c(C)cnc(CC(=O)C(N)C(C)C)c1C. The molecule has 0 aliphatic carbocycles. The summed E-state index contributed by atoms with van der Waals surface area (Å²) < 4.78 is 5.32. The molecule has 18 heavy (non-hydrogen) atoms. The fourth-order valence-electron chi connectivity index (χ4n) is 1.90. The first kappa shape index (κ1) is 14.6. The van der Waals surface area contributed by atoms with Gasteiger partial charge in [-0.2, -0.15) is 0 Å². The lowest BCUT2D eigenvalue weighted by Gasteiger charge is -2.16. The van der Waals surface area contributed by atoms with E-state index in [-0.39, 0.29) is 18.1 Å². The van der Waals surface area contributed by atoms with Gasteiger partial charge in [0, 0.05) is 17.3 Å². The van der Waals surface area contributed by atoms with Crippen LogP contribution in [0.15, 0.2) is 6.20 Å². The second-order valence-corrected chi connectivity index (χ2v) is 4.96. The zero-order chi connectivity index (χ0) is 13.9. The Balaban J connectivity index is 2.96. The number of carbonyl (C=O) groups excluding carboxylic acids is 1. The highest BCUT2D eigenvalue weighted by atomic mass is 16.5. The molecule has 1 aromatic rings. The molecule has 4 nitrogen and oxygen atoms in total. The number of carbonyl (C=O) groups is 1. The van der Waals surface area contributed by atoms with Gasteiger partial charge >= 0.3 is 0 Å². The van der Waals surface area contributed by atoms with Crippen molar-refractivity contribution in [2.24, 2.45) is 11.7 Å². The Morgan fingerprint density at radius 2 is 2.06 bits per heavy atom. The van der Waals surface area contributed by atoms with Gasteiger partial charge in [-0.05, 0) is 19.8 Å². The number of ether oxygens (including phenoxy) is 1. The molecule has 1 rings (SSSR count). The molecule has 0 radical (unpaired) electrons. The van der Waals surface area contributed by atoms with Crippen molar-refractivity contribution in [1.29, 1.82) is 0 Å². The molecule has 0 amide bonds. The molecule has 0 aliphatic rings. The van der Waals surface area contributed by atoms with Crippen LogP contribution >= 0.6 is 0 Å². The Morgan fingerprint density at radius 3 is 2.56 bits per heavy atom. The first-order valence-electron chi connectivity index (χ1n) is 6.15. The van der Waals surface area contributed by atoms with Crippen molar-refractivity contribution in [2.45, 2.75) is 40.2 Å². The van der Waals surface area contributed by atoms with Gasteiger partial charge in [0.25, 0.3) is 0 Å². The molecule has 0 spiro atoms. The fraction of sp³-hybridized carbons (Fsp3) is 0.571. The van der Waals surface area contributed by atoms with Crippen LogP contribution in [0.1, 0.15) is 30.7 Å². The second-order valence-electron chi connectivity index (χ2n) is 4.96. The maximum Gasteiger partial charge on any atom is 0.155 e. The summed E-state index contributed by atoms with van der Waals surface area (Å²) in [6.45, 7) is 7.74. The summed E-state index contributed by atoms with van der Waals surface area (Å²) >= 11 is 0. The molecular weight excluding hydrogens is 228 g/mol. The summed E-state index contributed by atoms with van der Waals surface area (Å²) in [5.74, 6) is 0.961. The molecule has 4 heteroatoms. The quantitative estimate of drug-likeness (QED) is 0.865. The van der Waals surface area contributed by atoms with Crippen LogP contribution in [0.2, 0.25) is 0 Å². The molecule has 0 aliphatic heterocycles. The average Bonchev–Trinajstić information content (AvgIpc) is 2.32. The minimum Gasteiger partial charge on any atom is -0.496 e. The van der Waals surface area contributed by atoms with E-state index in [1.165, 1.54) is 0 Å². The number of rotatable bonds is 5. The molecule has 1 unspecified atom stereocenters. The fourth-order valence-corrected chi connectivity index (χ4v) is 1.90. The molecule has 0 saturated heterocycles. The number of nitrogens with two attached hydrogens (primary N) is 1. The first-order valence-corrected chi connectivity index (χ1v) is 6.15. The van der Waals surface area contributed by atoms with Crippen LogP contribution in [0, 0.1) is 19.8 Å². The van der Waals surface area contributed by atoms with Crippen LogP contribution < -0.4 is 10.5 Å². The summed E-state index contributed by atoms with van der Waals surface area (Å²) in [5.41, 5.74) is 8.49. The molecule has 0 fully saturated rings. The van der Waals surface area contributed by atoms with E-state index >= 15 is 0 Å². The molecule has 0 bridgehead atoms. The van der Waals surface area contributed by atoms with E-state index in [2.05, 4.69) is 4.98 Å². The van der Waals surface area contributed by atoms with E-state index in [0.29, 0.717) is 0 Å². The zero-order valence-corrected chi connectivity index (χ0v) is 11.8. The summed E-state index contributed by atoms with van der Waals surface area (Å²) in [5, 5.41) is 0. The maximum absolute atomic E-state index is 12.0. The maximum atomic E-state index is 12.0. The smallest absolute Gasteiger partial charge is 0.155 e. The highest BCUT2D eigenvalue weighted by Crippen LogP contribution is 2.24. The van der Waals surface area contributed by atoms with Gasteiger partial charge < -0.3 is 10.5 Å². The van der Waals surface area contributed by atoms with Crippen molar-refractivity contribution in [1.82, 2.24) is 4.98 Å². The third kappa shape index (κ3) is 3.07. The predicted molar refractivity (Wildman–Crippen MR) is 71.8 cm³/mol. The molecular formula is C14H22N2O2. The van der Waals surface area contributed by atoms with Crippen molar-refractivity contribution >= 4 is 5.78 Å². The van der Waals surface area contributed by atoms with Crippen molar-refractivity contribution in [3.8, 4) is 5.75 Å². The minimum atomic E-state index is -0.432. The molecule has 100 valence electrons. The predicted octanol–water partition coefficient (Wildman–Crippen LogP) is 1.80. The number of hydrogen-bond acceptors (Lipinski definition) is 4. The summed E-state index contributed by atoms with van der Waals surface area (Å²) in [7, 11) is 1.63. The van der Waals surface area contributed by atoms with Crippen molar-refractivity contribution in [3.63, 3.8) is 0 Å². The van der Waals surface area contributed by atoms with E-state index in [1.807, 2.05) is 27.7 Å². The number of nitrogens with zero attached hydrogens (tertiary/aromatic N) is 1. The third-order valence-corrected chi connectivity index (χ3v) is 3.18. The number of aryl methyl sites for hydroxylation is 1. The highest BCUT2D eigenvalue weighted by molar-refractivity contribution is 5.86. The van der Waals surface area contributed by atoms with Gasteiger partial charge in [0.1, 0.15) is 5.75 Å². The Morgan fingerprint density at radius 1 is 1.44 bits per heavy atom. The Kier molecular flexibility index (Phi) is 4.84. The van der Waals surface area contributed by atoms with Crippen LogP contribution in [0.25, 0.3) is 0 Å². The van der Waals surface area contributed by atoms with Crippen molar-refractivity contribution in [2.75, 3.05) is 7.11 Å². The van der Waals surface area contributed by atoms with Gasteiger partial charge in [-0.1, -0.05) is 13.8 Å². The van der Waals surface area contributed by atoms with E-state index in [0.717, 1.165) is 22.6 Å². The van der Waals surface area contributed by atoms with Crippen molar-refractivity contribution < 1.29 is 9.53 Å². The Bertz CT molecular complexity index is 442. The zero-order valence-electron chi connectivity index (χ0n) is 11.8. The van der Waals surface area contributed by atoms with Gasteiger partial charge in [-0.15, -0.1) is 0 Å². The van der Waals surface area contributed by atoms with Crippen LogP contribution in [0.3, 0.4) is 0 Å². The van der Waals surface area contributed by atoms with Crippen LogP contribution in [0.5, 0.6) is 5.75 Å². The standard InChI is InChI=1S/C14H22N2O2/c1-8(2)13(15)12(17)6-11-10(4)14(18-5)9(3)7-16-11/h7-8,13H,6,15H2,1-5H3. The van der Waals surface area contributed by atoms with Crippen LogP contribution in [-0.2, 0) is 11.2 Å². The van der Waals surface area contributed by atoms with E-state index in [1.54, 1.807) is 13.3 Å². The number of pyridine rings is 1. The molecule has 0 saturated carbocycles. The average molecular weight is 250 g/mol. The van der Waals surface area contributed by atoms with Gasteiger partial charge in [-0.3, -0.25) is 9.78 Å². The Hall–Kier alpha value is -1.42. The largest absolute Gasteiger partial charge is 0.496 e. The van der Waals surface area contributed by atoms with Crippen LogP contribution in [0.4, 0.5) is 0 Å². The summed E-state index contributed by atoms with van der Waals surface area (Å²) in [4.78, 5) is 16.3. The molecule has 1 aromatic heterocycles. The van der Waals surface area contributed by atoms with E-state index in [9.17, 15) is 4.79 Å².